The van der Waals surface area contributed by atoms with Gasteiger partial charge in [-0.15, -0.1) is 11.3 Å². The molecule has 0 spiro atoms. The number of amides is 2. The molecule has 2 amide bonds. The molecule has 0 saturated carbocycles. The van der Waals surface area contributed by atoms with Gasteiger partial charge in [0.15, 0.2) is 0 Å². The molecule has 1 aromatic heterocycles. The van der Waals surface area contributed by atoms with Gasteiger partial charge in [0.2, 0.25) is 0 Å². The Morgan fingerprint density at radius 2 is 2.00 bits per heavy atom. The molecule has 0 saturated heterocycles. The lowest BCUT2D eigenvalue weighted by atomic mass is 9.89. The number of hydrogen-bond acceptors (Lipinski definition) is 4. The van der Waals surface area contributed by atoms with E-state index in [4.69, 9.17) is 0 Å². The molecule has 0 aliphatic carbocycles. The minimum absolute atomic E-state index is 0.232. The van der Waals surface area contributed by atoms with Gasteiger partial charge in [0.25, 0.3) is 0 Å². The van der Waals surface area contributed by atoms with Gasteiger partial charge in [0.1, 0.15) is 0 Å². The Hall–Kier alpha value is -1.14. The van der Waals surface area contributed by atoms with Crippen LogP contribution in [0.5, 0.6) is 0 Å². The Labute approximate surface area is 124 Å². The first kappa shape index (κ1) is 16.9. The number of nitrogens with one attached hydrogen (secondary N) is 2. The lowest BCUT2D eigenvalue weighted by Gasteiger charge is -2.25. The van der Waals surface area contributed by atoms with Gasteiger partial charge in [0.05, 0.1) is 16.8 Å². The number of carbonyl (C=O) groups is 1. The molecule has 0 radical (unpaired) electrons. The molecule has 0 aliphatic heterocycles. The Balaban J connectivity index is 2.25. The predicted molar refractivity (Wildman–Crippen MR) is 82.2 cm³/mol. The molecule has 1 aromatic rings. The first-order valence-electron chi connectivity index (χ1n) is 6.83. The van der Waals surface area contributed by atoms with Crippen LogP contribution >= 0.6 is 11.3 Å². The van der Waals surface area contributed by atoms with Crippen LogP contribution in [0.3, 0.4) is 0 Å². The van der Waals surface area contributed by atoms with E-state index in [9.17, 15) is 9.90 Å². The number of rotatable bonds is 5. The summed E-state index contributed by atoms with van der Waals surface area (Å²) in [5.41, 5.74) is 0.808. The average Bonchev–Trinajstić information content (AvgIpc) is 2.63. The number of urea groups is 1. The molecular weight excluding hydrogens is 274 g/mol. The van der Waals surface area contributed by atoms with Crippen LogP contribution in [0.1, 0.15) is 36.3 Å². The van der Waals surface area contributed by atoms with Gasteiger partial charge in [-0.1, -0.05) is 20.8 Å². The third-order valence-corrected chi connectivity index (χ3v) is 4.23. The molecule has 5 nitrogen and oxygen atoms in total. The highest BCUT2D eigenvalue weighted by Gasteiger charge is 2.22. The fourth-order valence-electron chi connectivity index (χ4n) is 1.65. The Bertz CT molecular complexity index is 452. The van der Waals surface area contributed by atoms with Crippen molar-refractivity contribution >= 4 is 17.4 Å². The zero-order valence-corrected chi connectivity index (χ0v) is 13.7. The molecule has 3 N–H and O–H groups in total. The minimum Gasteiger partial charge on any atom is -0.391 e. The Morgan fingerprint density at radius 3 is 2.50 bits per heavy atom. The van der Waals surface area contributed by atoms with Crippen LogP contribution in [0.2, 0.25) is 0 Å². The highest BCUT2D eigenvalue weighted by molar-refractivity contribution is 7.11. The maximum absolute atomic E-state index is 11.6. The highest BCUT2D eigenvalue weighted by Crippen LogP contribution is 2.18. The number of aromatic nitrogens is 1. The van der Waals surface area contributed by atoms with E-state index in [1.165, 1.54) is 4.88 Å². The number of aryl methyl sites for hydroxylation is 2. The number of carbonyl (C=O) groups excluding carboxylic acids is 1. The molecule has 1 unspecified atom stereocenters. The van der Waals surface area contributed by atoms with E-state index < -0.39 is 6.10 Å². The van der Waals surface area contributed by atoms with Crippen LogP contribution in [-0.4, -0.2) is 35.3 Å². The largest absolute Gasteiger partial charge is 0.391 e. The predicted octanol–water partition coefficient (Wildman–Crippen LogP) is 2.01. The van der Waals surface area contributed by atoms with Crippen LogP contribution in [-0.2, 0) is 6.42 Å². The monoisotopic (exact) mass is 299 g/mol. The van der Waals surface area contributed by atoms with Gasteiger partial charge in [0, 0.05) is 24.4 Å². The summed E-state index contributed by atoms with van der Waals surface area (Å²) in [4.78, 5) is 17.2. The van der Waals surface area contributed by atoms with Crippen molar-refractivity contribution in [1.29, 1.82) is 0 Å². The van der Waals surface area contributed by atoms with Crippen molar-refractivity contribution in [3.8, 4) is 0 Å². The van der Waals surface area contributed by atoms with E-state index in [1.54, 1.807) is 11.3 Å². The minimum atomic E-state index is -0.556. The molecule has 114 valence electrons. The van der Waals surface area contributed by atoms with E-state index >= 15 is 0 Å². The van der Waals surface area contributed by atoms with Crippen LogP contribution in [0, 0.1) is 19.3 Å². The first-order valence-corrected chi connectivity index (χ1v) is 7.64. The summed E-state index contributed by atoms with van der Waals surface area (Å²) in [7, 11) is 0. The summed E-state index contributed by atoms with van der Waals surface area (Å²) >= 11 is 1.66. The van der Waals surface area contributed by atoms with E-state index in [-0.39, 0.29) is 18.0 Å². The third-order valence-electron chi connectivity index (χ3n) is 3.09. The van der Waals surface area contributed by atoms with Crippen LogP contribution in [0.25, 0.3) is 0 Å². The maximum atomic E-state index is 11.6. The number of aliphatic hydroxyl groups excluding tert-OH is 1. The van der Waals surface area contributed by atoms with Crippen LogP contribution in [0.15, 0.2) is 0 Å². The maximum Gasteiger partial charge on any atom is 0.314 e. The topological polar surface area (TPSA) is 74.2 Å². The molecule has 0 bridgehead atoms. The van der Waals surface area contributed by atoms with Gasteiger partial charge >= 0.3 is 6.03 Å². The van der Waals surface area contributed by atoms with Crippen molar-refractivity contribution in [3.05, 3.63) is 15.6 Å². The number of hydrogen-bond donors (Lipinski definition) is 3. The molecule has 1 atom stereocenters. The molecule has 0 fully saturated rings. The highest BCUT2D eigenvalue weighted by atomic mass is 32.1. The molecule has 20 heavy (non-hydrogen) atoms. The van der Waals surface area contributed by atoms with Crippen molar-refractivity contribution in [2.75, 3.05) is 13.1 Å². The molecule has 6 heteroatoms. The number of nitrogens with zero attached hydrogens (tertiary/aromatic N) is 1. The summed E-state index contributed by atoms with van der Waals surface area (Å²) in [6.45, 7) is 10.6. The normalized spacial score (nSPS) is 13.1. The average molecular weight is 299 g/mol. The third kappa shape index (κ3) is 5.46. The van der Waals surface area contributed by atoms with Gasteiger partial charge in [-0.05, 0) is 19.3 Å². The van der Waals surface area contributed by atoms with Crippen molar-refractivity contribution in [1.82, 2.24) is 15.6 Å². The summed E-state index contributed by atoms with van der Waals surface area (Å²) in [6.07, 6.45) is 0.228. The van der Waals surface area contributed by atoms with Gasteiger partial charge in [-0.25, -0.2) is 9.78 Å². The van der Waals surface area contributed by atoms with E-state index in [2.05, 4.69) is 15.6 Å². The van der Waals surface area contributed by atoms with Crippen LogP contribution < -0.4 is 10.6 Å². The second-order valence-corrected chi connectivity index (χ2v) is 7.30. The fraction of sp³-hybridized carbons (Fsp3) is 0.714. The Kier molecular flexibility index (Phi) is 5.95. The summed E-state index contributed by atoms with van der Waals surface area (Å²) in [6, 6.07) is -0.243. The van der Waals surface area contributed by atoms with Crippen molar-refractivity contribution in [2.45, 2.75) is 47.1 Å². The van der Waals surface area contributed by atoms with E-state index in [0.29, 0.717) is 6.54 Å². The number of aliphatic hydroxyl groups is 1. The quantitative estimate of drug-likeness (QED) is 0.778. The van der Waals surface area contributed by atoms with Crippen molar-refractivity contribution in [3.63, 3.8) is 0 Å². The summed E-state index contributed by atoms with van der Waals surface area (Å²) < 4.78 is 0. The SMILES string of the molecule is Cc1nc(C)c(CCNC(=O)NCC(O)C(C)(C)C)s1. The summed E-state index contributed by atoms with van der Waals surface area (Å²) in [5.74, 6) is 0. The Morgan fingerprint density at radius 1 is 1.35 bits per heavy atom. The van der Waals surface area contributed by atoms with E-state index in [0.717, 1.165) is 17.1 Å². The van der Waals surface area contributed by atoms with Crippen molar-refractivity contribution < 1.29 is 9.90 Å². The molecule has 0 aromatic carbocycles. The van der Waals surface area contributed by atoms with E-state index in [1.807, 2.05) is 34.6 Å². The fourth-order valence-corrected chi connectivity index (χ4v) is 2.59. The molecule has 1 heterocycles. The zero-order valence-electron chi connectivity index (χ0n) is 12.9. The second kappa shape index (κ2) is 7.04. The smallest absolute Gasteiger partial charge is 0.314 e. The lowest BCUT2D eigenvalue weighted by molar-refractivity contribution is 0.0650. The zero-order chi connectivity index (χ0) is 15.3. The van der Waals surface area contributed by atoms with Crippen LogP contribution in [0.4, 0.5) is 4.79 Å². The molecular formula is C14H25N3O2S. The van der Waals surface area contributed by atoms with Gasteiger partial charge < -0.3 is 15.7 Å². The lowest BCUT2D eigenvalue weighted by Crippen LogP contribution is -2.44. The summed E-state index contributed by atoms with van der Waals surface area (Å²) in [5, 5.41) is 16.4. The first-order chi connectivity index (χ1) is 9.20. The van der Waals surface area contributed by atoms with Gasteiger partial charge in [-0.3, -0.25) is 0 Å². The van der Waals surface area contributed by atoms with Gasteiger partial charge in [-0.2, -0.15) is 0 Å². The van der Waals surface area contributed by atoms with Crippen molar-refractivity contribution in [2.24, 2.45) is 5.41 Å². The second-order valence-electron chi connectivity index (χ2n) is 6.01. The number of thiazole rings is 1. The standard InChI is InChI=1S/C14H25N3O2S/c1-9-11(20-10(2)17-9)6-7-15-13(19)16-8-12(18)14(3,4)5/h12,18H,6-8H2,1-5H3,(H2,15,16,19). The molecule has 1 rings (SSSR count). The molecule has 0 aliphatic rings.